The lowest BCUT2D eigenvalue weighted by atomic mass is 9.48. The summed E-state index contributed by atoms with van der Waals surface area (Å²) in [5.41, 5.74) is 3.88. The molecule has 0 aromatic heterocycles. The maximum absolute atomic E-state index is 13.1. The molecule has 4 rings (SSSR count). The summed E-state index contributed by atoms with van der Waals surface area (Å²) in [7, 11) is 0. The normalized spacial score (nSPS) is 50.2. The van der Waals surface area contributed by atoms with Gasteiger partial charge in [-0.05, 0) is 55.8 Å². The van der Waals surface area contributed by atoms with Gasteiger partial charge in [0, 0.05) is 0 Å². The minimum Gasteiger partial charge on any atom is -0.317 e. The molecule has 0 heterocycles. The second-order valence-electron chi connectivity index (χ2n) is 5.74. The molecule has 4 bridgehead atoms. The monoisotopic (exact) mass is 255 g/mol. The Kier molecular flexibility index (Phi) is 2.75. The SMILES string of the molecule is Cl.NC1(C(F)(F)F)C2CC3CC(C2)CC1C3. The van der Waals surface area contributed by atoms with Gasteiger partial charge in [0.05, 0.1) is 0 Å². The van der Waals surface area contributed by atoms with Crippen molar-refractivity contribution in [2.45, 2.75) is 43.8 Å². The average Bonchev–Trinajstić information content (AvgIpc) is 2.10. The first-order chi connectivity index (χ1) is 6.91. The quantitative estimate of drug-likeness (QED) is 0.707. The van der Waals surface area contributed by atoms with E-state index in [1.807, 2.05) is 0 Å². The van der Waals surface area contributed by atoms with E-state index in [9.17, 15) is 13.2 Å². The predicted octanol–water partition coefficient (Wildman–Crippen LogP) is 3.12. The molecule has 0 saturated heterocycles. The topological polar surface area (TPSA) is 26.0 Å². The highest BCUT2D eigenvalue weighted by atomic mass is 35.5. The fraction of sp³-hybridized carbons (Fsp3) is 1.00. The Bertz CT molecular complexity index is 261. The van der Waals surface area contributed by atoms with Crippen molar-refractivity contribution in [3.8, 4) is 0 Å². The maximum Gasteiger partial charge on any atom is 0.406 e. The summed E-state index contributed by atoms with van der Waals surface area (Å²) in [6.45, 7) is 0. The molecule has 4 aliphatic carbocycles. The van der Waals surface area contributed by atoms with Gasteiger partial charge in [0.15, 0.2) is 0 Å². The molecule has 94 valence electrons. The molecule has 4 fully saturated rings. The van der Waals surface area contributed by atoms with Crippen LogP contribution >= 0.6 is 12.4 Å². The van der Waals surface area contributed by atoms with Crippen molar-refractivity contribution in [3.63, 3.8) is 0 Å². The highest BCUT2D eigenvalue weighted by Crippen LogP contribution is 2.61. The first-order valence-electron chi connectivity index (χ1n) is 5.77. The van der Waals surface area contributed by atoms with Crippen LogP contribution in [-0.4, -0.2) is 11.7 Å². The van der Waals surface area contributed by atoms with Crippen LogP contribution in [0.3, 0.4) is 0 Å². The molecule has 1 nitrogen and oxygen atoms in total. The number of hydrogen-bond acceptors (Lipinski definition) is 1. The van der Waals surface area contributed by atoms with Gasteiger partial charge >= 0.3 is 6.18 Å². The molecular formula is C11H17ClF3N. The second-order valence-corrected chi connectivity index (χ2v) is 5.74. The van der Waals surface area contributed by atoms with Crippen LogP contribution in [-0.2, 0) is 0 Å². The van der Waals surface area contributed by atoms with E-state index in [4.69, 9.17) is 5.73 Å². The average molecular weight is 256 g/mol. The van der Waals surface area contributed by atoms with E-state index in [1.54, 1.807) is 0 Å². The van der Waals surface area contributed by atoms with E-state index in [2.05, 4.69) is 0 Å². The highest BCUT2D eigenvalue weighted by molar-refractivity contribution is 5.85. The van der Waals surface area contributed by atoms with Crippen molar-refractivity contribution >= 4 is 12.4 Å². The Morgan fingerprint density at radius 2 is 1.25 bits per heavy atom. The van der Waals surface area contributed by atoms with Crippen LogP contribution in [0.5, 0.6) is 0 Å². The fourth-order valence-corrected chi connectivity index (χ4v) is 4.43. The van der Waals surface area contributed by atoms with Gasteiger partial charge in [-0.15, -0.1) is 12.4 Å². The van der Waals surface area contributed by atoms with Gasteiger partial charge in [0.25, 0.3) is 0 Å². The molecule has 0 radical (unpaired) electrons. The predicted molar refractivity (Wildman–Crippen MR) is 57.3 cm³/mol. The maximum atomic E-state index is 13.1. The van der Waals surface area contributed by atoms with Crippen molar-refractivity contribution in [1.29, 1.82) is 0 Å². The van der Waals surface area contributed by atoms with Crippen molar-refractivity contribution < 1.29 is 13.2 Å². The Morgan fingerprint density at radius 1 is 0.875 bits per heavy atom. The number of nitrogens with two attached hydrogens (primary N) is 1. The summed E-state index contributed by atoms with van der Waals surface area (Å²) in [6.07, 6.45) is -0.214. The van der Waals surface area contributed by atoms with Crippen molar-refractivity contribution in [3.05, 3.63) is 0 Å². The van der Waals surface area contributed by atoms with Gasteiger partial charge < -0.3 is 5.73 Å². The molecule has 4 aliphatic rings. The zero-order valence-corrected chi connectivity index (χ0v) is 9.78. The molecule has 0 amide bonds. The fourth-order valence-electron chi connectivity index (χ4n) is 4.43. The molecule has 0 aromatic rings. The molecular weight excluding hydrogens is 239 g/mol. The first-order valence-corrected chi connectivity index (χ1v) is 5.77. The zero-order valence-electron chi connectivity index (χ0n) is 8.96. The molecule has 2 N–H and O–H groups in total. The molecule has 0 aliphatic heterocycles. The summed E-state index contributed by atoms with van der Waals surface area (Å²) < 4.78 is 39.2. The Morgan fingerprint density at radius 3 is 1.56 bits per heavy atom. The lowest BCUT2D eigenvalue weighted by Crippen LogP contribution is -2.70. The Labute approximate surface area is 99.4 Å². The van der Waals surface area contributed by atoms with Crippen LogP contribution < -0.4 is 5.73 Å². The van der Waals surface area contributed by atoms with Crippen molar-refractivity contribution in [1.82, 2.24) is 0 Å². The van der Waals surface area contributed by atoms with Gasteiger partial charge in [-0.2, -0.15) is 13.2 Å². The summed E-state index contributed by atoms with van der Waals surface area (Å²) in [5.74, 6) is 0.473. The molecule has 16 heavy (non-hydrogen) atoms. The van der Waals surface area contributed by atoms with Gasteiger partial charge in [0.2, 0.25) is 0 Å². The number of hydrogen-bond donors (Lipinski definition) is 1. The van der Waals surface area contributed by atoms with Crippen molar-refractivity contribution in [2.75, 3.05) is 0 Å². The second kappa shape index (κ2) is 3.52. The van der Waals surface area contributed by atoms with Crippen LogP contribution in [0.1, 0.15) is 32.1 Å². The molecule has 0 spiro atoms. The Hall–Kier alpha value is 0.0400. The molecule has 4 saturated carbocycles. The molecule has 0 atom stereocenters. The van der Waals surface area contributed by atoms with Gasteiger partial charge in [0.1, 0.15) is 5.54 Å². The summed E-state index contributed by atoms with van der Waals surface area (Å²) in [4.78, 5) is 0. The van der Waals surface area contributed by atoms with E-state index < -0.39 is 11.7 Å². The third-order valence-corrected chi connectivity index (χ3v) is 4.98. The van der Waals surface area contributed by atoms with Crippen molar-refractivity contribution in [2.24, 2.45) is 29.4 Å². The van der Waals surface area contributed by atoms with Gasteiger partial charge in [-0.25, -0.2) is 0 Å². The summed E-state index contributed by atoms with van der Waals surface area (Å²) in [5, 5.41) is 0. The van der Waals surface area contributed by atoms with Crippen LogP contribution in [0.25, 0.3) is 0 Å². The van der Waals surface area contributed by atoms with Crippen LogP contribution in [0.15, 0.2) is 0 Å². The standard InChI is InChI=1S/C11H16F3N.ClH/c12-11(13,14)10(15)8-2-6-1-7(4-8)5-9(10)3-6;/h6-9H,1-5,15H2;1H. The molecule has 0 aromatic carbocycles. The van der Waals surface area contributed by atoms with E-state index in [-0.39, 0.29) is 24.2 Å². The minimum absolute atomic E-state index is 0. The van der Waals surface area contributed by atoms with E-state index in [1.165, 1.54) is 0 Å². The largest absolute Gasteiger partial charge is 0.406 e. The van der Waals surface area contributed by atoms with Crippen LogP contribution in [0.2, 0.25) is 0 Å². The number of alkyl halides is 3. The van der Waals surface area contributed by atoms with Crippen LogP contribution in [0.4, 0.5) is 13.2 Å². The molecule has 5 heteroatoms. The summed E-state index contributed by atoms with van der Waals surface area (Å²) >= 11 is 0. The lowest BCUT2D eigenvalue weighted by molar-refractivity contribution is -0.251. The smallest absolute Gasteiger partial charge is 0.317 e. The minimum atomic E-state index is -4.21. The highest BCUT2D eigenvalue weighted by Gasteiger charge is 2.66. The zero-order chi connectivity index (χ0) is 10.8. The van der Waals surface area contributed by atoms with Gasteiger partial charge in [-0.3, -0.25) is 0 Å². The van der Waals surface area contributed by atoms with E-state index in [0.717, 1.165) is 6.42 Å². The van der Waals surface area contributed by atoms with Crippen LogP contribution in [0, 0.1) is 23.7 Å². The van der Waals surface area contributed by atoms with E-state index >= 15 is 0 Å². The third kappa shape index (κ3) is 1.42. The van der Waals surface area contributed by atoms with Gasteiger partial charge in [-0.1, -0.05) is 0 Å². The number of rotatable bonds is 0. The first kappa shape index (κ1) is 12.5. The Balaban J connectivity index is 0.000000963. The number of halogens is 4. The summed E-state index contributed by atoms with van der Waals surface area (Å²) in [6, 6.07) is 0. The lowest BCUT2D eigenvalue weighted by Gasteiger charge is -2.59. The van der Waals surface area contributed by atoms with E-state index in [0.29, 0.717) is 37.5 Å². The third-order valence-electron chi connectivity index (χ3n) is 4.98. The molecule has 0 unspecified atom stereocenters.